The van der Waals surface area contributed by atoms with E-state index in [0.29, 0.717) is 6.04 Å². The lowest BCUT2D eigenvalue weighted by Gasteiger charge is -2.32. The van der Waals surface area contributed by atoms with Gasteiger partial charge in [-0.25, -0.2) is 9.97 Å². The summed E-state index contributed by atoms with van der Waals surface area (Å²) >= 11 is 0. The molecule has 0 N–H and O–H groups in total. The zero-order chi connectivity index (χ0) is 17.2. The van der Waals surface area contributed by atoms with Crippen molar-refractivity contribution in [2.75, 3.05) is 32.1 Å². The largest absolute Gasteiger partial charge is 0.497 e. The quantitative estimate of drug-likeness (QED) is 0.857. The van der Waals surface area contributed by atoms with Gasteiger partial charge in [-0.15, -0.1) is 0 Å². The summed E-state index contributed by atoms with van der Waals surface area (Å²) in [5.74, 6) is 2.08. The van der Waals surface area contributed by atoms with E-state index in [0.717, 1.165) is 44.0 Å². The summed E-state index contributed by atoms with van der Waals surface area (Å²) in [6.45, 7) is 3.13. The van der Waals surface area contributed by atoms with Crippen LogP contribution in [0, 0.1) is 0 Å². The van der Waals surface area contributed by atoms with Gasteiger partial charge in [-0.2, -0.15) is 0 Å². The lowest BCUT2D eigenvalue weighted by Crippen LogP contribution is -2.35. The van der Waals surface area contributed by atoms with Gasteiger partial charge in [-0.3, -0.25) is 0 Å². The number of hydrogen-bond donors (Lipinski definition) is 0. The lowest BCUT2D eigenvalue weighted by atomic mass is 10.0. The van der Waals surface area contributed by atoms with Crippen molar-refractivity contribution in [3.8, 4) is 5.75 Å². The second kappa shape index (κ2) is 7.00. The smallest absolute Gasteiger partial charge is 0.137 e. The van der Waals surface area contributed by atoms with Crippen LogP contribution in [-0.2, 0) is 19.4 Å². The summed E-state index contributed by atoms with van der Waals surface area (Å²) in [5.41, 5.74) is 3.92. The van der Waals surface area contributed by atoms with Gasteiger partial charge >= 0.3 is 0 Å². The first-order chi connectivity index (χ1) is 12.2. The number of methoxy groups -OCH3 is 1. The predicted octanol–water partition coefficient (Wildman–Crippen LogP) is 2.68. The molecular formula is C20H26N4O. The summed E-state index contributed by atoms with van der Waals surface area (Å²) in [7, 11) is 3.89. The maximum absolute atomic E-state index is 5.27. The van der Waals surface area contributed by atoms with Crippen molar-refractivity contribution >= 4 is 5.82 Å². The molecule has 2 aliphatic rings. The van der Waals surface area contributed by atoms with Gasteiger partial charge in [0.2, 0.25) is 0 Å². The molecule has 0 bridgehead atoms. The number of hydrogen-bond acceptors (Lipinski definition) is 5. The Morgan fingerprint density at radius 1 is 1.16 bits per heavy atom. The lowest BCUT2D eigenvalue weighted by molar-refractivity contribution is 0.309. The number of anilines is 1. The maximum atomic E-state index is 5.27. The number of likely N-dealkylation sites (N-methyl/N-ethyl adjacent to an activating group) is 1. The number of rotatable bonds is 4. The summed E-state index contributed by atoms with van der Waals surface area (Å²) in [5, 5.41) is 0. The van der Waals surface area contributed by atoms with E-state index in [-0.39, 0.29) is 0 Å². The molecule has 25 heavy (non-hydrogen) atoms. The molecule has 0 aliphatic carbocycles. The maximum Gasteiger partial charge on any atom is 0.137 e. The van der Waals surface area contributed by atoms with Gasteiger partial charge in [0.05, 0.1) is 12.8 Å². The molecule has 3 heterocycles. The van der Waals surface area contributed by atoms with E-state index in [2.05, 4.69) is 46.1 Å². The molecule has 1 aromatic carbocycles. The van der Waals surface area contributed by atoms with Gasteiger partial charge in [0.25, 0.3) is 0 Å². The molecule has 0 unspecified atom stereocenters. The minimum atomic E-state index is 0.514. The molecule has 132 valence electrons. The zero-order valence-corrected chi connectivity index (χ0v) is 15.1. The van der Waals surface area contributed by atoms with E-state index < -0.39 is 0 Å². The molecule has 1 atom stereocenters. The van der Waals surface area contributed by atoms with Crippen LogP contribution in [0.4, 0.5) is 5.82 Å². The van der Waals surface area contributed by atoms with Crippen LogP contribution in [0.2, 0.25) is 0 Å². The Morgan fingerprint density at radius 2 is 2.00 bits per heavy atom. The van der Waals surface area contributed by atoms with Crippen molar-refractivity contribution in [2.45, 2.75) is 38.3 Å². The fourth-order valence-corrected chi connectivity index (χ4v) is 4.07. The van der Waals surface area contributed by atoms with Crippen molar-refractivity contribution in [1.29, 1.82) is 0 Å². The Kier molecular flexibility index (Phi) is 4.57. The van der Waals surface area contributed by atoms with Crippen LogP contribution in [0.5, 0.6) is 5.75 Å². The van der Waals surface area contributed by atoms with E-state index in [1.807, 2.05) is 0 Å². The van der Waals surface area contributed by atoms with E-state index in [1.54, 1.807) is 13.4 Å². The van der Waals surface area contributed by atoms with Crippen molar-refractivity contribution in [3.05, 3.63) is 47.4 Å². The normalized spacial score (nSPS) is 20.6. The van der Waals surface area contributed by atoms with Crippen molar-refractivity contribution in [3.63, 3.8) is 0 Å². The third-order valence-corrected chi connectivity index (χ3v) is 5.45. The van der Waals surface area contributed by atoms with Crippen LogP contribution in [0.3, 0.4) is 0 Å². The first-order valence-corrected chi connectivity index (χ1v) is 9.15. The average Bonchev–Trinajstić information content (AvgIpc) is 3.09. The number of nitrogens with zero attached hydrogens (tertiary/aromatic N) is 4. The van der Waals surface area contributed by atoms with Gasteiger partial charge in [0, 0.05) is 37.7 Å². The van der Waals surface area contributed by atoms with Gasteiger partial charge in [0.15, 0.2) is 0 Å². The van der Waals surface area contributed by atoms with Crippen molar-refractivity contribution in [1.82, 2.24) is 14.9 Å². The highest BCUT2D eigenvalue weighted by atomic mass is 16.5. The van der Waals surface area contributed by atoms with Crippen LogP contribution in [-0.4, -0.2) is 48.2 Å². The van der Waals surface area contributed by atoms with Crippen LogP contribution in [0.25, 0.3) is 0 Å². The van der Waals surface area contributed by atoms with E-state index >= 15 is 0 Å². The van der Waals surface area contributed by atoms with Crippen LogP contribution in [0.1, 0.15) is 29.7 Å². The number of ether oxygens (including phenoxy) is 1. The van der Waals surface area contributed by atoms with Gasteiger partial charge in [-0.05, 0) is 44.0 Å². The van der Waals surface area contributed by atoms with Gasteiger partial charge in [-0.1, -0.05) is 12.1 Å². The molecule has 5 heteroatoms. The first-order valence-electron chi connectivity index (χ1n) is 9.15. The second-order valence-electron chi connectivity index (χ2n) is 7.15. The topological polar surface area (TPSA) is 41.5 Å². The van der Waals surface area contributed by atoms with Crippen molar-refractivity contribution in [2.24, 2.45) is 0 Å². The Morgan fingerprint density at radius 3 is 2.80 bits per heavy atom. The highest BCUT2D eigenvalue weighted by molar-refractivity contribution is 5.51. The third kappa shape index (κ3) is 3.33. The van der Waals surface area contributed by atoms with Crippen LogP contribution < -0.4 is 9.64 Å². The molecule has 1 fully saturated rings. The summed E-state index contributed by atoms with van der Waals surface area (Å²) in [6.07, 6.45) is 6.29. The molecule has 5 nitrogen and oxygen atoms in total. The molecule has 0 saturated carbocycles. The molecule has 0 radical (unpaired) electrons. The van der Waals surface area contributed by atoms with Crippen LogP contribution >= 0.6 is 0 Å². The summed E-state index contributed by atoms with van der Waals surface area (Å²) in [6, 6.07) is 8.98. The number of benzene rings is 1. The minimum Gasteiger partial charge on any atom is -0.497 e. The Labute approximate surface area is 149 Å². The second-order valence-corrected chi connectivity index (χ2v) is 7.15. The van der Waals surface area contributed by atoms with Gasteiger partial charge < -0.3 is 14.5 Å². The highest BCUT2D eigenvalue weighted by Crippen LogP contribution is 2.32. The summed E-state index contributed by atoms with van der Waals surface area (Å²) in [4.78, 5) is 14.1. The highest BCUT2D eigenvalue weighted by Gasteiger charge is 2.30. The molecule has 0 spiro atoms. The number of aromatic nitrogens is 2. The molecule has 2 aromatic rings. The molecule has 1 saturated heterocycles. The van der Waals surface area contributed by atoms with Crippen molar-refractivity contribution < 1.29 is 4.74 Å². The fraction of sp³-hybridized carbons (Fsp3) is 0.500. The SMILES string of the molecule is COc1ccc(C[C@H]2CCCN2c2ncnc3c2CN(C)CC3)cc1. The Balaban J connectivity index is 1.57. The molecule has 1 aromatic heterocycles. The first kappa shape index (κ1) is 16.3. The minimum absolute atomic E-state index is 0.514. The Hall–Kier alpha value is -2.14. The monoisotopic (exact) mass is 338 g/mol. The zero-order valence-electron chi connectivity index (χ0n) is 15.1. The molecule has 0 amide bonds. The number of fused-ring (bicyclic) bond motifs is 1. The molecule has 2 aliphatic heterocycles. The molecular weight excluding hydrogens is 312 g/mol. The van der Waals surface area contributed by atoms with E-state index in [9.17, 15) is 0 Å². The third-order valence-electron chi connectivity index (χ3n) is 5.45. The Bertz CT molecular complexity index is 731. The van der Waals surface area contributed by atoms with Crippen LogP contribution in [0.15, 0.2) is 30.6 Å². The van der Waals surface area contributed by atoms with E-state index in [1.165, 1.54) is 29.7 Å². The van der Waals surface area contributed by atoms with Gasteiger partial charge in [0.1, 0.15) is 17.9 Å². The average molecular weight is 338 g/mol. The fourth-order valence-electron chi connectivity index (χ4n) is 4.07. The molecule has 4 rings (SSSR count). The summed E-state index contributed by atoms with van der Waals surface area (Å²) < 4.78 is 5.27. The standard InChI is InChI=1S/C20H26N4O/c1-23-11-9-19-18(13-23)20(22-14-21-19)24-10-3-4-16(24)12-15-5-7-17(25-2)8-6-15/h5-8,14,16H,3-4,9-13H2,1-2H3/t16-/m1/s1. The predicted molar refractivity (Wildman–Crippen MR) is 99.1 cm³/mol. The van der Waals surface area contributed by atoms with E-state index in [4.69, 9.17) is 9.72 Å².